The van der Waals surface area contributed by atoms with Crippen LogP contribution in [0.2, 0.25) is 0 Å². The van der Waals surface area contributed by atoms with Gasteiger partial charge in [-0.05, 0) is 12.1 Å². The van der Waals surface area contributed by atoms with Gasteiger partial charge in [-0.2, -0.15) is 5.26 Å². The van der Waals surface area contributed by atoms with Gasteiger partial charge in [0.25, 0.3) is 0 Å². The maximum atomic E-state index is 8.74. The molecule has 0 saturated carbocycles. The van der Waals surface area contributed by atoms with Crippen molar-refractivity contribution in [3.05, 3.63) is 40.3 Å². The third-order valence-electron chi connectivity index (χ3n) is 2.32. The molecule has 0 unspecified atom stereocenters. The molecule has 0 aliphatic rings. The summed E-state index contributed by atoms with van der Waals surface area (Å²) in [7, 11) is 0. The van der Waals surface area contributed by atoms with Gasteiger partial charge in [-0.1, -0.05) is 0 Å². The average molecular weight is 270 g/mol. The Bertz CT molecular complexity index is 693. The van der Waals surface area contributed by atoms with Crippen molar-refractivity contribution in [3.8, 4) is 28.0 Å². The topological polar surface area (TPSA) is 62.5 Å². The zero-order chi connectivity index (χ0) is 12.4. The van der Waals surface area contributed by atoms with E-state index in [2.05, 4.69) is 15.0 Å². The van der Waals surface area contributed by atoms with Gasteiger partial charge in [0, 0.05) is 22.5 Å². The summed E-state index contributed by atoms with van der Waals surface area (Å²) in [6.07, 6.45) is 1.76. The summed E-state index contributed by atoms with van der Waals surface area (Å²) >= 11 is 2.99. The lowest BCUT2D eigenvalue weighted by Crippen LogP contribution is -1.84. The molecule has 0 fully saturated rings. The van der Waals surface area contributed by atoms with Gasteiger partial charge in [-0.15, -0.1) is 22.7 Å². The molecule has 86 valence electrons. The van der Waals surface area contributed by atoms with Gasteiger partial charge in [0.05, 0.1) is 16.9 Å². The van der Waals surface area contributed by atoms with Crippen LogP contribution in [0, 0.1) is 11.3 Å². The molecule has 0 aromatic carbocycles. The van der Waals surface area contributed by atoms with E-state index in [1.807, 2.05) is 23.6 Å². The highest BCUT2D eigenvalue weighted by atomic mass is 32.1. The summed E-state index contributed by atoms with van der Waals surface area (Å²) in [5, 5.41) is 13.2. The van der Waals surface area contributed by atoms with E-state index in [0.717, 1.165) is 22.0 Å². The molecule has 3 aromatic heterocycles. The summed E-state index contributed by atoms with van der Waals surface area (Å²) in [6.45, 7) is 0. The van der Waals surface area contributed by atoms with Gasteiger partial charge in [0.15, 0.2) is 5.69 Å². The summed E-state index contributed by atoms with van der Waals surface area (Å²) < 4.78 is 0. The molecule has 0 saturated heterocycles. The highest BCUT2D eigenvalue weighted by molar-refractivity contribution is 7.13. The molecule has 18 heavy (non-hydrogen) atoms. The molecule has 0 spiro atoms. The van der Waals surface area contributed by atoms with E-state index in [9.17, 15) is 0 Å². The van der Waals surface area contributed by atoms with Gasteiger partial charge < -0.3 is 0 Å². The van der Waals surface area contributed by atoms with Crippen LogP contribution in [-0.4, -0.2) is 15.0 Å². The van der Waals surface area contributed by atoms with Crippen LogP contribution in [0.5, 0.6) is 0 Å². The van der Waals surface area contributed by atoms with Crippen LogP contribution >= 0.6 is 22.7 Å². The third kappa shape index (κ3) is 2.01. The van der Waals surface area contributed by atoms with Crippen molar-refractivity contribution in [2.45, 2.75) is 0 Å². The van der Waals surface area contributed by atoms with Crippen molar-refractivity contribution in [3.63, 3.8) is 0 Å². The summed E-state index contributed by atoms with van der Waals surface area (Å²) in [5.41, 5.74) is 4.87. The van der Waals surface area contributed by atoms with E-state index in [4.69, 9.17) is 5.26 Å². The van der Waals surface area contributed by atoms with E-state index in [0.29, 0.717) is 5.69 Å². The lowest BCUT2D eigenvalue weighted by Gasteiger charge is -1.98. The molecule has 0 aliphatic heterocycles. The molecule has 6 heteroatoms. The zero-order valence-electron chi connectivity index (χ0n) is 9.07. The van der Waals surface area contributed by atoms with E-state index in [-0.39, 0.29) is 0 Å². The average Bonchev–Trinajstić information content (AvgIpc) is 3.10. The fourth-order valence-electron chi connectivity index (χ4n) is 1.47. The van der Waals surface area contributed by atoms with Crippen molar-refractivity contribution in [1.82, 2.24) is 15.0 Å². The maximum absolute atomic E-state index is 8.74. The highest BCUT2D eigenvalue weighted by Crippen LogP contribution is 2.25. The summed E-state index contributed by atoms with van der Waals surface area (Å²) in [5.74, 6) is 0. The molecule has 0 radical (unpaired) electrons. The SMILES string of the molecule is N#Cc1csc(-c2ccc(-c3cscn3)nc2)n1. The largest absolute Gasteiger partial charge is 0.254 e. The zero-order valence-corrected chi connectivity index (χ0v) is 10.7. The molecule has 4 nitrogen and oxygen atoms in total. The Balaban J connectivity index is 1.94. The molecule has 3 rings (SSSR count). The van der Waals surface area contributed by atoms with Crippen LogP contribution in [-0.2, 0) is 0 Å². The van der Waals surface area contributed by atoms with Gasteiger partial charge in [0.1, 0.15) is 11.1 Å². The van der Waals surface area contributed by atoms with Crippen LogP contribution in [0.15, 0.2) is 34.6 Å². The highest BCUT2D eigenvalue weighted by Gasteiger charge is 2.06. The van der Waals surface area contributed by atoms with E-state index in [1.165, 1.54) is 11.3 Å². The molecule has 0 aliphatic carbocycles. The van der Waals surface area contributed by atoms with Crippen LogP contribution in [0.1, 0.15) is 5.69 Å². The van der Waals surface area contributed by atoms with Gasteiger partial charge in [0.2, 0.25) is 0 Å². The Hall–Kier alpha value is -2.10. The van der Waals surface area contributed by atoms with Gasteiger partial charge >= 0.3 is 0 Å². The second kappa shape index (κ2) is 4.64. The van der Waals surface area contributed by atoms with Crippen molar-refractivity contribution >= 4 is 22.7 Å². The molecule has 3 aromatic rings. The molecule has 0 atom stereocenters. The number of thiazole rings is 2. The van der Waals surface area contributed by atoms with Crippen LogP contribution in [0.3, 0.4) is 0 Å². The van der Waals surface area contributed by atoms with Crippen molar-refractivity contribution in [1.29, 1.82) is 5.26 Å². The Labute approximate surface area is 111 Å². The maximum Gasteiger partial charge on any atom is 0.152 e. The third-order valence-corrected chi connectivity index (χ3v) is 3.80. The quantitative estimate of drug-likeness (QED) is 0.717. The molecule has 3 heterocycles. The second-order valence-electron chi connectivity index (χ2n) is 3.46. The van der Waals surface area contributed by atoms with Crippen molar-refractivity contribution < 1.29 is 0 Å². The first-order chi connectivity index (χ1) is 8.86. The number of pyridine rings is 1. The molecule has 0 amide bonds. The lowest BCUT2D eigenvalue weighted by molar-refractivity contribution is 1.27. The molecule has 0 N–H and O–H groups in total. The fourth-order valence-corrected chi connectivity index (χ4v) is 2.75. The van der Waals surface area contributed by atoms with E-state index >= 15 is 0 Å². The van der Waals surface area contributed by atoms with Crippen LogP contribution in [0.4, 0.5) is 0 Å². The van der Waals surface area contributed by atoms with Crippen LogP contribution < -0.4 is 0 Å². The van der Waals surface area contributed by atoms with Gasteiger partial charge in [-0.25, -0.2) is 9.97 Å². The summed E-state index contributed by atoms with van der Waals surface area (Å²) in [6, 6.07) is 5.88. The first-order valence-corrected chi connectivity index (χ1v) is 6.89. The van der Waals surface area contributed by atoms with E-state index in [1.54, 1.807) is 28.4 Å². The summed E-state index contributed by atoms with van der Waals surface area (Å²) in [4.78, 5) is 12.8. The number of hydrogen-bond acceptors (Lipinski definition) is 6. The predicted octanol–water partition coefficient (Wildman–Crippen LogP) is 3.20. The lowest BCUT2D eigenvalue weighted by atomic mass is 10.2. The number of nitriles is 1. The monoisotopic (exact) mass is 270 g/mol. The standard InChI is InChI=1S/C12H6N4S2/c13-3-9-5-18-12(16-9)8-1-2-10(14-4-8)11-6-17-7-15-11/h1-2,4-7H. The minimum atomic E-state index is 0.443. The Kier molecular flexibility index (Phi) is 2.84. The second-order valence-corrected chi connectivity index (χ2v) is 5.03. The smallest absolute Gasteiger partial charge is 0.152 e. The van der Waals surface area contributed by atoms with Crippen molar-refractivity contribution in [2.75, 3.05) is 0 Å². The Morgan fingerprint density at radius 3 is 2.67 bits per heavy atom. The minimum Gasteiger partial charge on any atom is -0.254 e. The number of rotatable bonds is 2. The number of hydrogen-bond donors (Lipinski definition) is 0. The predicted molar refractivity (Wildman–Crippen MR) is 71.2 cm³/mol. The number of nitrogens with zero attached hydrogens (tertiary/aromatic N) is 4. The normalized spacial score (nSPS) is 10.2. The first kappa shape index (κ1) is 11.0. The Morgan fingerprint density at radius 2 is 2.06 bits per heavy atom. The van der Waals surface area contributed by atoms with Gasteiger partial charge in [-0.3, -0.25) is 4.98 Å². The first-order valence-electron chi connectivity index (χ1n) is 5.07. The molecule has 0 bridgehead atoms. The van der Waals surface area contributed by atoms with Crippen LogP contribution in [0.25, 0.3) is 22.0 Å². The molecular weight excluding hydrogens is 264 g/mol. The minimum absolute atomic E-state index is 0.443. The van der Waals surface area contributed by atoms with Crippen molar-refractivity contribution in [2.24, 2.45) is 0 Å². The molecular formula is C12H6N4S2. The Morgan fingerprint density at radius 1 is 1.11 bits per heavy atom. The van der Waals surface area contributed by atoms with E-state index < -0.39 is 0 Å². The number of aromatic nitrogens is 3. The fraction of sp³-hybridized carbons (Fsp3) is 0.